The van der Waals surface area contributed by atoms with Gasteiger partial charge in [-0.05, 0) is 26.0 Å². The third kappa shape index (κ3) is 2.59. The maximum atomic E-state index is 13.9. The highest BCUT2D eigenvalue weighted by atomic mass is 19.4. The second-order valence-corrected chi connectivity index (χ2v) is 4.46. The molecule has 1 aromatic carbocycles. The number of halogens is 4. The van der Waals surface area contributed by atoms with Gasteiger partial charge in [-0.1, -0.05) is 0 Å². The molecule has 0 radical (unpaired) electrons. The van der Waals surface area contributed by atoms with Crippen LogP contribution in [-0.4, -0.2) is 18.6 Å². The monoisotopic (exact) mass is 302 g/mol. The molecule has 3 nitrogen and oxygen atoms in total. The van der Waals surface area contributed by atoms with Crippen molar-refractivity contribution in [1.82, 2.24) is 4.98 Å². The lowest BCUT2D eigenvalue weighted by molar-refractivity contribution is -0.141. The third-order valence-electron chi connectivity index (χ3n) is 3.14. The van der Waals surface area contributed by atoms with Crippen LogP contribution in [0.4, 0.5) is 23.2 Å². The van der Waals surface area contributed by atoms with Crippen molar-refractivity contribution in [3.63, 3.8) is 0 Å². The van der Waals surface area contributed by atoms with Gasteiger partial charge in [0.1, 0.15) is 22.8 Å². The number of ether oxygens (including phenoxy) is 1. The molecular weight excluding hydrogens is 288 g/mol. The van der Waals surface area contributed by atoms with Crippen molar-refractivity contribution in [1.29, 1.82) is 0 Å². The van der Waals surface area contributed by atoms with Crippen molar-refractivity contribution in [2.24, 2.45) is 0 Å². The van der Waals surface area contributed by atoms with Gasteiger partial charge in [-0.25, -0.2) is 9.37 Å². The minimum atomic E-state index is -4.65. The van der Waals surface area contributed by atoms with Crippen molar-refractivity contribution in [3.05, 3.63) is 29.2 Å². The molecule has 21 heavy (non-hydrogen) atoms. The SMILES string of the molecule is CCNc1c(C)c(C(F)(F)F)nc2c(F)ccc(OC)c12. The molecule has 0 spiro atoms. The Bertz CT molecular complexity index is 683. The molecule has 0 saturated carbocycles. The third-order valence-corrected chi connectivity index (χ3v) is 3.14. The molecule has 114 valence electrons. The van der Waals surface area contributed by atoms with E-state index in [0.29, 0.717) is 6.54 Å². The predicted molar refractivity (Wildman–Crippen MR) is 72.2 cm³/mol. The number of aromatic nitrogens is 1. The fourth-order valence-corrected chi connectivity index (χ4v) is 2.24. The first-order valence-corrected chi connectivity index (χ1v) is 6.29. The van der Waals surface area contributed by atoms with Crippen LogP contribution in [-0.2, 0) is 6.18 Å². The zero-order chi connectivity index (χ0) is 15.8. The lowest BCUT2D eigenvalue weighted by atomic mass is 10.0. The quantitative estimate of drug-likeness (QED) is 0.865. The number of anilines is 1. The van der Waals surface area contributed by atoms with E-state index < -0.39 is 17.7 Å². The van der Waals surface area contributed by atoms with Gasteiger partial charge in [0.15, 0.2) is 0 Å². The van der Waals surface area contributed by atoms with Crippen LogP contribution in [0.3, 0.4) is 0 Å². The van der Waals surface area contributed by atoms with Crippen LogP contribution in [0.1, 0.15) is 18.2 Å². The summed E-state index contributed by atoms with van der Waals surface area (Å²) in [6, 6.07) is 2.41. The number of alkyl halides is 3. The van der Waals surface area contributed by atoms with Gasteiger partial charge >= 0.3 is 6.18 Å². The summed E-state index contributed by atoms with van der Waals surface area (Å²) < 4.78 is 58.2. The number of nitrogens with one attached hydrogen (secondary N) is 1. The van der Waals surface area contributed by atoms with E-state index in [1.165, 1.54) is 20.1 Å². The zero-order valence-corrected chi connectivity index (χ0v) is 11.7. The minimum absolute atomic E-state index is 0.0826. The van der Waals surface area contributed by atoms with Gasteiger partial charge in [-0.15, -0.1) is 0 Å². The first kappa shape index (κ1) is 15.3. The molecule has 0 saturated heterocycles. The van der Waals surface area contributed by atoms with Crippen molar-refractivity contribution in [3.8, 4) is 5.75 Å². The summed E-state index contributed by atoms with van der Waals surface area (Å²) in [5.41, 5.74) is -1.35. The Morgan fingerprint density at radius 3 is 2.48 bits per heavy atom. The van der Waals surface area contributed by atoms with E-state index in [2.05, 4.69) is 10.3 Å². The Hall–Kier alpha value is -2.05. The summed E-state index contributed by atoms with van der Waals surface area (Å²) >= 11 is 0. The number of methoxy groups -OCH3 is 1. The lowest BCUT2D eigenvalue weighted by Crippen LogP contribution is -2.14. The molecule has 0 bridgehead atoms. The molecule has 7 heteroatoms. The van der Waals surface area contributed by atoms with E-state index in [9.17, 15) is 17.6 Å². The Labute approximate surface area is 118 Å². The van der Waals surface area contributed by atoms with Gasteiger partial charge in [0.25, 0.3) is 0 Å². The Morgan fingerprint density at radius 1 is 1.29 bits per heavy atom. The molecule has 0 amide bonds. The lowest BCUT2D eigenvalue weighted by Gasteiger charge is -2.18. The summed E-state index contributed by atoms with van der Waals surface area (Å²) in [5.74, 6) is -0.554. The molecule has 2 rings (SSSR count). The number of benzene rings is 1. The summed E-state index contributed by atoms with van der Waals surface area (Å²) in [6.45, 7) is 3.43. The van der Waals surface area contributed by atoms with Gasteiger partial charge < -0.3 is 10.1 Å². The first-order chi connectivity index (χ1) is 9.81. The summed E-state index contributed by atoms with van der Waals surface area (Å²) in [6.07, 6.45) is -4.65. The van der Waals surface area contributed by atoms with E-state index in [-0.39, 0.29) is 27.9 Å². The first-order valence-electron chi connectivity index (χ1n) is 6.29. The van der Waals surface area contributed by atoms with Crippen molar-refractivity contribution >= 4 is 16.6 Å². The van der Waals surface area contributed by atoms with Crippen molar-refractivity contribution in [2.45, 2.75) is 20.0 Å². The fourth-order valence-electron chi connectivity index (χ4n) is 2.24. The van der Waals surface area contributed by atoms with Gasteiger partial charge in [-0.3, -0.25) is 0 Å². The van der Waals surface area contributed by atoms with Crippen molar-refractivity contribution in [2.75, 3.05) is 19.0 Å². The standard InChI is InChI=1S/C14H14F4N2O/c1-4-19-11-7(2)13(14(16,17)18)20-12-8(15)5-6-9(21-3)10(11)12/h5-6H,4H2,1-3H3,(H,19,20). The number of pyridine rings is 1. The molecule has 1 N–H and O–H groups in total. The number of hydrogen-bond acceptors (Lipinski definition) is 3. The molecule has 0 unspecified atom stereocenters. The van der Waals surface area contributed by atoms with Gasteiger partial charge in [0.2, 0.25) is 0 Å². The molecule has 0 atom stereocenters. The van der Waals surface area contributed by atoms with E-state index in [1.54, 1.807) is 6.92 Å². The van der Waals surface area contributed by atoms with Gasteiger partial charge in [0, 0.05) is 12.1 Å². The largest absolute Gasteiger partial charge is 0.496 e. The van der Waals surface area contributed by atoms with Crippen LogP contribution in [0.5, 0.6) is 5.75 Å². The van der Waals surface area contributed by atoms with E-state index in [1.807, 2.05) is 0 Å². The van der Waals surface area contributed by atoms with Crippen LogP contribution in [0.2, 0.25) is 0 Å². The second kappa shape index (κ2) is 5.38. The van der Waals surface area contributed by atoms with Crippen LogP contribution in [0, 0.1) is 12.7 Å². The Balaban J connectivity index is 2.96. The smallest absolute Gasteiger partial charge is 0.433 e. The fraction of sp³-hybridized carbons (Fsp3) is 0.357. The highest BCUT2D eigenvalue weighted by Gasteiger charge is 2.36. The molecule has 0 aliphatic carbocycles. The van der Waals surface area contributed by atoms with Crippen LogP contribution in [0.15, 0.2) is 12.1 Å². The Kier molecular flexibility index (Phi) is 3.93. The highest BCUT2D eigenvalue weighted by Crippen LogP contribution is 2.40. The molecule has 2 aromatic rings. The number of nitrogens with zero attached hydrogens (tertiary/aromatic N) is 1. The minimum Gasteiger partial charge on any atom is -0.496 e. The van der Waals surface area contributed by atoms with Crippen molar-refractivity contribution < 1.29 is 22.3 Å². The van der Waals surface area contributed by atoms with Crippen LogP contribution in [0.25, 0.3) is 10.9 Å². The average Bonchev–Trinajstić information content (AvgIpc) is 2.41. The zero-order valence-electron chi connectivity index (χ0n) is 11.7. The number of fused-ring (bicyclic) bond motifs is 1. The van der Waals surface area contributed by atoms with Crippen LogP contribution < -0.4 is 10.1 Å². The summed E-state index contributed by atoms with van der Waals surface area (Å²) in [4.78, 5) is 3.48. The van der Waals surface area contributed by atoms with Gasteiger partial charge in [0.05, 0.1) is 18.2 Å². The molecule has 0 aliphatic heterocycles. The number of rotatable bonds is 3. The normalized spacial score (nSPS) is 11.8. The molecule has 1 aromatic heterocycles. The highest BCUT2D eigenvalue weighted by molar-refractivity contribution is 5.98. The maximum Gasteiger partial charge on any atom is 0.433 e. The number of hydrogen-bond donors (Lipinski definition) is 1. The summed E-state index contributed by atoms with van der Waals surface area (Å²) in [7, 11) is 1.37. The topological polar surface area (TPSA) is 34.2 Å². The predicted octanol–water partition coefficient (Wildman–Crippen LogP) is 4.14. The van der Waals surface area contributed by atoms with Crippen LogP contribution >= 0.6 is 0 Å². The van der Waals surface area contributed by atoms with Gasteiger partial charge in [-0.2, -0.15) is 13.2 Å². The second-order valence-electron chi connectivity index (χ2n) is 4.46. The van der Waals surface area contributed by atoms with E-state index in [0.717, 1.165) is 6.07 Å². The molecule has 0 fully saturated rings. The average molecular weight is 302 g/mol. The maximum absolute atomic E-state index is 13.9. The molecule has 1 heterocycles. The molecule has 0 aliphatic rings. The van der Waals surface area contributed by atoms with E-state index in [4.69, 9.17) is 4.74 Å². The Morgan fingerprint density at radius 2 is 1.95 bits per heavy atom. The summed E-state index contributed by atoms with van der Waals surface area (Å²) in [5, 5.41) is 3.06. The van der Waals surface area contributed by atoms with E-state index >= 15 is 0 Å². The molecular formula is C14H14F4N2O.